The van der Waals surface area contributed by atoms with Crippen LogP contribution in [0, 0.1) is 12.8 Å². The molecule has 0 aliphatic carbocycles. The molecule has 0 saturated carbocycles. The summed E-state index contributed by atoms with van der Waals surface area (Å²) in [5, 5.41) is 9.52. The number of carboxylic acids is 1. The molecule has 1 amide bonds. The largest absolute Gasteiger partial charge is 0.481 e. The maximum absolute atomic E-state index is 12.5. The van der Waals surface area contributed by atoms with E-state index in [1.54, 1.807) is 11.1 Å². The van der Waals surface area contributed by atoms with E-state index in [2.05, 4.69) is 4.98 Å². The molecule has 1 aromatic carbocycles. The number of pyridine rings is 1. The molecule has 2 aromatic rings. The molecule has 3 rings (SSSR count). The van der Waals surface area contributed by atoms with Crippen molar-refractivity contribution in [1.82, 2.24) is 9.88 Å². The second-order valence-electron chi connectivity index (χ2n) is 6.25. The van der Waals surface area contributed by atoms with Crippen LogP contribution in [0.4, 0.5) is 0 Å². The smallest absolute Gasteiger partial charge is 0.308 e. The van der Waals surface area contributed by atoms with E-state index in [-0.39, 0.29) is 24.8 Å². The number of aryl methyl sites for hydroxylation is 1. The minimum atomic E-state index is -0.851. The van der Waals surface area contributed by atoms with Crippen molar-refractivity contribution in [1.29, 1.82) is 0 Å². The topological polar surface area (TPSA) is 70.5 Å². The molecule has 5 heteroatoms. The summed E-state index contributed by atoms with van der Waals surface area (Å²) in [4.78, 5) is 30.0. The molecule has 1 aromatic heterocycles. The predicted octanol–water partition coefficient (Wildman–Crippen LogP) is 2.26. The van der Waals surface area contributed by atoms with Gasteiger partial charge in [0.05, 0.1) is 12.3 Å². The Morgan fingerprint density at radius 1 is 1.17 bits per heavy atom. The molecule has 2 heterocycles. The van der Waals surface area contributed by atoms with Gasteiger partial charge in [0.2, 0.25) is 5.91 Å². The first kappa shape index (κ1) is 16.2. The Hall–Kier alpha value is -2.69. The molecule has 1 N–H and O–H groups in total. The fourth-order valence-electron chi connectivity index (χ4n) is 3.19. The minimum Gasteiger partial charge on any atom is -0.481 e. The van der Waals surface area contributed by atoms with Crippen LogP contribution < -0.4 is 0 Å². The molecule has 24 heavy (non-hydrogen) atoms. The summed E-state index contributed by atoms with van der Waals surface area (Å²) in [5.41, 5.74) is 2.72. The van der Waals surface area contributed by atoms with Crippen LogP contribution in [-0.2, 0) is 16.0 Å². The maximum Gasteiger partial charge on any atom is 0.308 e. The number of aliphatic carboxylic acids is 1. The van der Waals surface area contributed by atoms with Gasteiger partial charge in [0.15, 0.2) is 0 Å². The van der Waals surface area contributed by atoms with Gasteiger partial charge >= 0.3 is 5.97 Å². The van der Waals surface area contributed by atoms with Gasteiger partial charge in [0, 0.05) is 30.9 Å². The highest BCUT2D eigenvalue weighted by atomic mass is 16.4. The Morgan fingerprint density at radius 3 is 2.54 bits per heavy atom. The van der Waals surface area contributed by atoms with E-state index in [9.17, 15) is 14.7 Å². The molecule has 124 valence electrons. The Labute approximate surface area is 140 Å². The second-order valence-corrected chi connectivity index (χ2v) is 6.25. The summed E-state index contributed by atoms with van der Waals surface area (Å²) in [6.07, 6.45) is 1.95. The summed E-state index contributed by atoms with van der Waals surface area (Å²) in [7, 11) is 0. The third-order valence-corrected chi connectivity index (χ3v) is 4.55. The number of aromatic nitrogens is 1. The summed E-state index contributed by atoms with van der Waals surface area (Å²) in [6.45, 7) is 2.60. The van der Waals surface area contributed by atoms with Crippen LogP contribution in [-0.4, -0.2) is 40.0 Å². The first-order valence-corrected chi connectivity index (χ1v) is 8.01. The van der Waals surface area contributed by atoms with Gasteiger partial charge in [-0.1, -0.05) is 36.4 Å². The highest BCUT2D eigenvalue weighted by Gasteiger charge is 2.40. The van der Waals surface area contributed by atoms with Gasteiger partial charge in [-0.2, -0.15) is 0 Å². The van der Waals surface area contributed by atoms with E-state index in [1.165, 1.54) is 0 Å². The lowest BCUT2D eigenvalue weighted by Gasteiger charge is -2.16. The average molecular weight is 324 g/mol. The van der Waals surface area contributed by atoms with Crippen LogP contribution in [0.1, 0.15) is 22.7 Å². The van der Waals surface area contributed by atoms with Crippen LogP contribution in [0.25, 0.3) is 0 Å². The van der Waals surface area contributed by atoms with E-state index in [1.807, 2.05) is 49.4 Å². The summed E-state index contributed by atoms with van der Waals surface area (Å²) < 4.78 is 0. The number of benzene rings is 1. The summed E-state index contributed by atoms with van der Waals surface area (Å²) in [6, 6.07) is 13.3. The van der Waals surface area contributed by atoms with Crippen molar-refractivity contribution in [3.8, 4) is 0 Å². The van der Waals surface area contributed by atoms with Crippen molar-refractivity contribution >= 4 is 11.9 Å². The first-order valence-electron chi connectivity index (χ1n) is 8.01. The molecule has 5 nitrogen and oxygen atoms in total. The van der Waals surface area contributed by atoms with Crippen molar-refractivity contribution in [3.63, 3.8) is 0 Å². The molecular formula is C19H20N2O3. The minimum absolute atomic E-state index is 0.0506. The van der Waals surface area contributed by atoms with Gasteiger partial charge in [0.25, 0.3) is 0 Å². The van der Waals surface area contributed by atoms with E-state index >= 15 is 0 Å². The molecule has 1 aliphatic heterocycles. The average Bonchev–Trinajstić information content (AvgIpc) is 3.03. The molecule has 1 aliphatic rings. The van der Waals surface area contributed by atoms with Gasteiger partial charge in [-0.3, -0.25) is 14.6 Å². The quantitative estimate of drug-likeness (QED) is 0.936. The molecule has 0 unspecified atom stereocenters. The lowest BCUT2D eigenvalue weighted by Crippen LogP contribution is -2.31. The molecule has 0 spiro atoms. The highest BCUT2D eigenvalue weighted by molar-refractivity contribution is 5.81. The lowest BCUT2D eigenvalue weighted by molar-refractivity contribution is -0.141. The number of hydrogen-bond donors (Lipinski definition) is 1. The highest BCUT2D eigenvalue weighted by Crippen LogP contribution is 2.33. The number of nitrogens with zero attached hydrogens (tertiary/aromatic N) is 2. The fourth-order valence-corrected chi connectivity index (χ4v) is 3.19. The normalized spacial score (nSPS) is 20.1. The zero-order valence-corrected chi connectivity index (χ0v) is 13.6. The Kier molecular flexibility index (Phi) is 4.60. The molecule has 0 bridgehead atoms. The summed E-state index contributed by atoms with van der Waals surface area (Å²) >= 11 is 0. The van der Waals surface area contributed by atoms with Gasteiger partial charge < -0.3 is 10.0 Å². The Balaban J connectivity index is 1.74. The van der Waals surface area contributed by atoms with Gasteiger partial charge in [0.1, 0.15) is 0 Å². The van der Waals surface area contributed by atoms with Crippen molar-refractivity contribution in [3.05, 3.63) is 65.5 Å². The number of carbonyl (C=O) groups is 2. The fraction of sp³-hybridized carbons (Fsp3) is 0.316. The number of carboxylic acid groups (broad SMARTS) is 1. The maximum atomic E-state index is 12.5. The third-order valence-electron chi connectivity index (χ3n) is 4.55. The standard InChI is InChI=1S/C19H20N2O3/c1-13-7-8-14(10-20-13)9-18(22)21-11-16(17(12-21)19(23)24)15-5-3-2-4-6-15/h2-8,10,16-17H,9,11-12H2,1H3,(H,23,24)/t16-,17+/m0/s1. The predicted molar refractivity (Wildman–Crippen MR) is 89.6 cm³/mol. The van der Waals surface area contributed by atoms with Crippen molar-refractivity contribution in [2.75, 3.05) is 13.1 Å². The van der Waals surface area contributed by atoms with Crippen LogP contribution >= 0.6 is 0 Å². The van der Waals surface area contributed by atoms with E-state index in [0.717, 1.165) is 16.8 Å². The first-order chi connectivity index (χ1) is 11.5. The van der Waals surface area contributed by atoms with Gasteiger partial charge in [-0.25, -0.2) is 0 Å². The summed E-state index contributed by atoms with van der Waals surface area (Å²) in [5.74, 6) is -1.63. The van der Waals surface area contributed by atoms with E-state index in [4.69, 9.17) is 0 Å². The van der Waals surface area contributed by atoms with E-state index in [0.29, 0.717) is 6.54 Å². The number of amides is 1. The molecule has 2 atom stereocenters. The zero-order chi connectivity index (χ0) is 17.1. The lowest BCUT2D eigenvalue weighted by atomic mass is 9.89. The molecule has 0 radical (unpaired) electrons. The van der Waals surface area contributed by atoms with Crippen molar-refractivity contribution in [2.24, 2.45) is 5.92 Å². The second kappa shape index (κ2) is 6.83. The monoisotopic (exact) mass is 324 g/mol. The number of likely N-dealkylation sites (tertiary alicyclic amines) is 1. The Bertz CT molecular complexity index is 728. The van der Waals surface area contributed by atoms with E-state index < -0.39 is 11.9 Å². The van der Waals surface area contributed by atoms with Gasteiger partial charge in [-0.05, 0) is 24.1 Å². The van der Waals surface area contributed by atoms with Gasteiger partial charge in [-0.15, -0.1) is 0 Å². The van der Waals surface area contributed by atoms with Crippen LogP contribution in [0.5, 0.6) is 0 Å². The Morgan fingerprint density at radius 2 is 1.92 bits per heavy atom. The van der Waals surface area contributed by atoms with Crippen molar-refractivity contribution in [2.45, 2.75) is 19.3 Å². The molecular weight excluding hydrogens is 304 g/mol. The number of rotatable bonds is 4. The molecule has 1 fully saturated rings. The third kappa shape index (κ3) is 3.45. The SMILES string of the molecule is Cc1ccc(CC(=O)N2C[C@@H](C(=O)O)[C@H](c3ccccc3)C2)cn1. The number of carbonyl (C=O) groups excluding carboxylic acids is 1. The zero-order valence-electron chi connectivity index (χ0n) is 13.6. The molecule has 1 saturated heterocycles. The van der Waals surface area contributed by atoms with Crippen LogP contribution in [0.2, 0.25) is 0 Å². The van der Waals surface area contributed by atoms with Crippen molar-refractivity contribution < 1.29 is 14.7 Å². The van der Waals surface area contributed by atoms with Crippen LogP contribution in [0.15, 0.2) is 48.7 Å². The van der Waals surface area contributed by atoms with Crippen LogP contribution in [0.3, 0.4) is 0 Å². The number of hydrogen-bond acceptors (Lipinski definition) is 3.